The van der Waals surface area contributed by atoms with Gasteiger partial charge in [-0.3, -0.25) is 14.8 Å². The summed E-state index contributed by atoms with van der Waals surface area (Å²) in [5, 5.41) is 9.97. The molecule has 2 N–H and O–H groups in total. The highest BCUT2D eigenvalue weighted by Gasteiger charge is 2.21. The fourth-order valence-electron chi connectivity index (χ4n) is 2.54. The van der Waals surface area contributed by atoms with Crippen molar-refractivity contribution in [3.05, 3.63) is 29.7 Å². The smallest absolute Gasteiger partial charge is 0.255 e. The molecule has 1 amide bonds. The maximum Gasteiger partial charge on any atom is 0.255 e. The van der Waals surface area contributed by atoms with Crippen LogP contribution in [0.25, 0.3) is 11.5 Å². The second kappa shape index (κ2) is 6.76. The lowest BCUT2D eigenvalue weighted by molar-refractivity contribution is 0.0383. The molecule has 0 spiro atoms. The lowest BCUT2D eigenvalue weighted by atomic mass is 10.1. The van der Waals surface area contributed by atoms with Crippen molar-refractivity contribution in [2.24, 2.45) is 0 Å². The molecule has 22 heavy (non-hydrogen) atoms. The standard InChI is InChI=1S/C15H20N4O3/c1-11-13(14(18-17-11)12-3-2-8-22-12)15(20)16-4-5-19-6-9-21-10-7-19/h2-3,8H,4-7,9-10H2,1H3,(H,16,20)(H,17,18). The Hall–Kier alpha value is -2.12. The lowest BCUT2D eigenvalue weighted by Gasteiger charge is -2.26. The molecule has 0 atom stereocenters. The van der Waals surface area contributed by atoms with Gasteiger partial charge >= 0.3 is 0 Å². The van der Waals surface area contributed by atoms with Crippen molar-refractivity contribution in [1.29, 1.82) is 0 Å². The van der Waals surface area contributed by atoms with Crippen LogP contribution in [-0.4, -0.2) is 60.4 Å². The van der Waals surface area contributed by atoms with Crippen molar-refractivity contribution >= 4 is 5.91 Å². The number of aryl methyl sites for hydroxylation is 1. The maximum atomic E-state index is 12.4. The number of ether oxygens (including phenoxy) is 1. The van der Waals surface area contributed by atoms with Gasteiger partial charge in [0.2, 0.25) is 0 Å². The first-order chi connectivity index (χ1) is 10.8. The van der Waals surface area contributed by atoms with Gasteiger partial charge in [0.1, 0.15) is 5.69 Å². The van der Waals surface area contributed by atoms with E-state index in [1.807, 2.05) is 6.92 Å². The number of hydrogen-bond acceptors (Lipinski definition) is 5. The summed E-state index contributed by atoms with van der Waals surface area (Å²) in [5.74, 6) is 0.452. The number of hydrogen-bond donors (Lipinski definition) is 2. The topological polar surface area (TPSA) is 83.4 Å². The Bertz CT molecular complexity index is 615. The van der Waals surface area contributed by atoms with E-state index in [1.165, 1.54) is 0 Å². The monoisotopic (exact) mass is 304 g/mol. The van der Waals surface area contributed by atoms with Crippen LogP contribution in [0.5, 0.6) is 0 Å². The third-order valence-corrected chi connectivity index (χ3v) is 3.75. The Morgan fingerprint density at radius 2 is 2.27 bits per heavy atom. The molecule has 7 nitrogen and oxygen atoms in total. The molecular weight excluding hydrogens is 284 g/mol. The Labute approximate surface area is 128 Å². The molecule has 7 heteroatoms. The summed E-state index contributed by atoms with van der Waals surface area (Å²) < 4.78 is 10.6. The fourth-order valence-corrected chi connectivity index (χ4v) is 2.54. The number of morpholine rings is 1. The summed E-state index contributed by atoms with van der Waals surface area (Å²) in [6.07, 6.45) is 1.57. The van der Waals surface area contributed by atoms with Gasteiger partial charge in [0.15, 0.2) is 5.76 Å². The van der Waals surface area contributed by atoms with Crippen LogP contribution in [0.4, 0.5) is 0 Å². The molecular formula is C15H20N4O3. The number of aromatic nitrogens is 2. The number of carbonyl (C=O) groups is 1. The molecule has 0 radical (unpaired) electrons. The Morgan fingerprint density at radius 3 is 3.00 bits per heavy atom. The van der Waals surface area contributed by atoms with Gasteiger partial charge < -0.3 is 14.5 Å². The number of H-pyrrole nitrogens is 1. The van der Waals surface area contributed by atoms with Crippen LogP contribution in [0.15, 0.2) is 22.8 Å². The number of nitrogens with one attached hydrogen (secondary N) is 2. The fraction of sp³-hybridized carbons (Fsp3) is 0.467. The van der Waals surface area contributed by atoms with Gasteiger partial charge in [-0.05, 0) is 19.1 Å². The van der Waals surface area contributed by atoms with Gasteiger partial charge in [-0.2, -0.15) is 5.10 Å². The molecule has 1 aliphatic heterocycles. The molecule has 0 saturated carbocycles. The Morgan fingerprint density at radius 1 is 1.45 bits per heavy atom. The van der Waals surface area contributed by atoms with E-state index in [-0.39, 0.29) is 5.91 Å². The van der Waals surface area contributed by atoms with Crippen molar-refractivity contribution in [2.45, 2.75) is 6.92 Å². The Balaban J connectivity index is 1.61. The SMILES string of the molecule is Cc1[nH]nc(-c2ccco2)c1C(=O)NCCN1CCOCC1. The normalized spacial score (nSPS) is 15.9. The summed E-state index contributed by atoms with van der Waals surface area (Å²) in [6.45, 7) is 6.60. The van der Waals surface area contributed by atoms with Crippen LogP contribution < -0.4 is 5.32 Å². The van der Waals surface area contributed by atoms with E-state index >= 15 is 0 Å². The quantitative estimate of drug-likeness (QED) is 0.862. The largest absolute Gasteiger partial charge is 0.463 e. The second-order valence-corrected chi connectivity index (χ2v) is 5.26. The van der Waals surface area contributed by atoms with E-state index in [2.05, 4.69) is 20.4 Å². The number of furan rings is 1. The molecule has 2 aromatic rings. The number of nitrogens with zero attached hydrogens (tertiary/aromatic N) is 2. The van der Waals surface area contributed by atoms with Crippen molar-refractivity contribution in [3.63, 3.8) is 0 Å². The van der Waals surface area contributed by atoms with Gasteiger partial charge in [-0.25, -0.2) is 0 Å². The third-order valence-electron chi connectivity index (χ3n) is 3.75. The average Bonchev–Trinajstić information content (AvgIpc) is 3.17. The van der Waals surface area contributed by atoms with Crippen molar-refractivity contribution in [2.75, 3.05) is 39.4 Å². The predicted octanol–water partition coefficient (Wildman–Crippen LogP) is 1.04. The van der Waals surface area contributed by atoms with E-state index in [0.717, 1.165) is 38.5 Å². The maximum absolute atomic E-state index is 12.4. The molecule has 1 fully saturated rings. The Kier molecular flexibility index (Phi) is 4.55. The first-order valence-electron chi connectivity index (χ1n) is 7.43. The third kappa shape index (κ3) is 3.20. The number of aromatic amines is 1. The summed E-state index contributed by atoms with van der Waals surface area (Å²) in [7, 11) is 0. The van der Waals surface area contributed by atoms with Crippen LogP contribution in [0, 0.1) is 6.92 Å². The molecule has 0 unspecified atom stereocenters. The zero-order valence-corrected chi connectivity index (χ0v) is 12.6. The molecule has 1 saturated heterocycles. The minimum Gasteiger partial charge on any atom is -0.463 e. The highest BCUT2D eigenvalue weighted by atomic mass is 16.5. The van der Waals surface area contributed by atoms with Crippen LogP contribution in [0.3, 0.4) is 0 Å². The van der Waals surface area contributed by atoms with E-state index in [9.17, 15) is 4.79 Å². The number of amides is 1. The van der Waals surface area contributed by atoms with Gasteiger partial charge in [0.05, 0.1) is 25.0 Å². The molecule has 118 valence electrons. The van der Waals surface area contributed by atoms with Crippen LogP contribution in [0.2, 0.25) is 0 Å². The summed E-state index contributed by atoms with van der Waals surface area (Å²) in [6, 6.07) is 3.57. The van der Waals surface area contributed by atoms with E-state index < -0.39 is 0 Å². The zero-order chi connectivity index (χ0) is 15.4. The van der Waals surface area contributed by atoms with Crippen LogP contribution in [-0.2, 0) is 4.74 Å². The lowest BCUT2D eigenvalue weighted by Crippen LogP contribution is -2.41. The van der Waals surface area contributed by atoms with E-state index in [0.29, 0.717) is 23.6 Å². The van der Waals surface area contributed by atoms with Crippen LogP contribution >= 0.6 is 0 Å². The molecule has 0 aromatic carbocycles. The number of rotatable bonds is 5. The van der Waals surface area contributed by atoms with Crippen molar-refractivity contribution in [3.8, 4) is 11.5 Å². The molecule has 3 heterocycles. The van der Waals surface area contributed by atoms with Gasteiger partial charge in [0, 0.05) is 31.9 Å². The summed E-state index contributed by atoms with van der Waals surface area (Å²) in [5.41, 5.74) is 1.82. The first kappa shape index (κ1) is 14.8. The first-order valence-corrected chi connectivity index (χ1v) is 7.43. The summed E-state index contributed by atoms with van der Waals surface area (Å²) >= 11 is 0. The molecule has 0 aliphatic carbocycles. The van der Waals surface area contributed by atoms with Crippen molar-refractivity contribution in [1.82, 2.24) is 20.4 Å². The van der Waals surface area contributed by atoms with Gasteiger partial charge in [0.25, 0.3) is 5.91 Å². The molecule has 0 bridgehead atoms. The van der Waals surface area contributed by atoms with Gasteiger partial charge in [-0.15, -0.1) is 0 Å². The summed E-state index contributed by atoms with van der Waals surface area (Å²) in [4.78, 5) is 14.7. The van der Waals surface area contributed by atoms with Gasteiger partial charge in [-0.1, -0.05) is 0 Å². The van der Waals surface area contributed by atoms with Crippen LogP contribution in [0.1, 0.15) is 16.1 Å². The minimum absolute atomic E-state index is 0.133. The van der Waals surface area contributed by atoms with Crippen molar-refractivity contribution < 1.29 is 13.9 Å². The molecule has 2 aromatic heterocycles. The highest BCUT2D eigenvalue weighted by Crippen LogP contribution is 2.23. The minimum atomic E-state index is -0.133. The van der Waals surface area contributed by atoms with E-state index in [1.54, 1.807) is 18.4 Å². The second-order valence-electron chi connectivity index (χ2n) is 5.26. The molecule has 1 aliphatic rings. The average molecular weight is 304 g/mol. The highest BCUT2D eigenvalue weighted by molar-refractivity contribution is 6.00. The van der Waals surface area contributed by atoms with E-state index in [4.69, 9.17) is 9.15 Å². The number of carbonyl (C=O) groups excluding carboxylic acids is 1. The molecule has 3 rings (SSSR count). The zero-order valence-electron chi connectivity index (χ0n) is 12.6. The predicted molar refractivity (Wildman–Crippen MR) is 80.6 cm³/mol.